The number of hydrogen-bond donors (Lipinski definition) is 2. The van der Waals surface area contributed by atoms with Crippen LogP contribution in [0, 0.1) is 11.3 Å². The van der Waals surface area contributed by atoms with Crippen LogP contribution in [-0.4, -0.2) is 18.7 Å². The molecule has 0 radical (unpaired) electrons. The van der Waals surface area contributed by atoms with E-state index in [9.17, 15) is 4.79 Å². The van der Waals surface area contributed by atoms with Gasteiger partial charge in [0.2, 0.25) is 5.91 Å². The minimum absolute atomic E-state index is 0.00448. The van der Waals surface area contributed by atoms with Gasteiger partial charge in [0.25, 0.3) is 0 Å². The molecule has 0 aliphatic rings. The predicted molar refractivity (Wildman–Crippen MR) is 45.9 cm³/mol. The molecule has 0 saturated carbocycles. The first kappa shape index (κ1) is 10.1. The Kier molecular flexibility index (Phi) is 5.43. The van der Waals surface area contributed by atoms with Gasteiger partial charge in [-0.05, 0) is 25.0 Å². The Morgan fingerprint density at radius 3 is 2.73 bits per heavy atom. The van der Waals surface area contributed by atoms with Gasteiger partial charge in [0.1, 0.15) is 0 Å². The zero-order valence-corrected chi connectivity index (χ0v) is 7.18. The Balaban J connectivity index is 3.35. The van der Waals surface area contributed by atoms with E-state index in [4.69, 9.17) is 5.41 Å². The summed E-state index contributed by atoms with van der Waals surface area (Å²) in [5.41, 5.74) is 0. The second kappa shape index (κ2) is 5.89. The molecule has 0 aromatic heterocycles. The lowest BCUT2D eigenvalue weighted by Gasteiger charge is -2.07. The summed E-state index contributed by atoms with van der Waals surface area (Å²) in [5, 5.41) is 9.71. The second-order valence-electron chi connectivity index (χ2n) is 2.61. The summed E-state index contributed by atoms with van der Waals surface area (Å²) in [6.45, 7) is 4.23. The molecule has 0 aromatic rings. The lowest BCUT2D eigenvalue weighted by Crippen LogP contribution is -2.23. The van der Waals surface area contributed by atoms with Crippen LogP contribution in [0.4, 0.5) is 0 Å². The lowest BCUT2D eigenvalue weighted by molar-refractivity contribution is -0.118. The third-order valence-corrected chi connectivity index (χ3v) is 1.65. The highest BCUT2D eigenvalue weighted by atomic mass is 16.1. The fourth-order valence-corrected chi connectivity index (χ4v) is 0.839. The van der Waals surface area contributed by atoms with Gasteiger partial charge >= 0.3 is 0 Å². The van der Waals surface area contributed by atoms with Gasteiger partial charge in [-0.1, -0.05) is 6.92 Å². The van der Waals surface area contributed by atoms with Crippen LogP contribution in [0.5, 0.6) is 0 Å². The van der Waals surface area contributed by atoms with Gasteiger partial charge in [-0.2, -0.15) is 0 Å². The molecule has 64 valence electrons. The molecule has 0 bridgehead atoms. The van der Waals surface area contributed by atoms with Crippen molar-refractivity contribution in [3.63, 3.8) is 0 Å². The van der Waals surface area contributed by atoms with Crippen molar-refractivity contribution in [3.05, 3.63) is 0 Å². The quantitative estimate of drug-likeness (QED) is 0.577. The molecule has 2 N–H and O–H groups in total. The van der Waals surface area contributed by atoms with Crippen LogP contribution in [0.2, 0.25) is 0 Å². The molecular weight excluding hydrogens is 140 g/mol. The van der Waals surface area contributed by atoms with Crippen molar-refractivity contribution < 1.29 is 4.79 Å². The first-order valence-corrected chi connectivity index (χ1v) is 3.95. The standard InChI is InChI=1S/C8H16N2O/c1-3-8(6-9)4-5-10-7(2)11/h6,8-9H,3-5H2,1-2H3,(H,10,11). The highest BCUT2D eigenvalue weighted by molar-refractivity contribution is 5.72. The molecule has 0 rings (SSSR count). The van der Waals surface area contributed by atoms with Crippen LogP contribution in [0.1, 0.15) is 26.7 Å². The maximum absolute atomic E-state index is 10.4. The van der Waals surface area contributed by atoms with Crippen molar-refractivity contribution >= 4 is 12.1 Å². The first-order valence-electron chi connectivity index (χ1n) is 3.95. The fraction of sp³-hybridized carbons (Fsp3) is 0.750. The zero-order valence-electron chi connectivity index (χ0n) is 7.18. The minimum atomic E-state index is 0.00448. The van der Waals surface area contributed by atoms with Crippen LogP contribution in [-0.2, 0) is 4.79 Å². The van der Waals surface area contributed by atoms with E-state index in [2.05, 4.69) is 5.32 Å². The average Bonchev–Trinajstić information content (AvgIpc) is 1.98. The molecule has 1 amide bonds. The largest absolute Gasteiger partial charge is 0.356 e. The van der Waals surface area contributed by atoms with Gasteiger partial charge in [-0.3, -0.25) is 4.79 Å². The van der Waals surface area contributed by atoms with Crippen molar-refractivity contribution in [3.8, 4) is 0 Å². The molecule has 0 fully saturated rings. The minimum Gasteiger partial charge on any atom is -0.356 e. The highest BCUT2D eigenvalue weighted by Gasteiger charge is 2.01. The molecule has 0 saturated heterocycles. The van der Waals surface area contributed by atoms with Crippen molar-refractivity contribution in [1.82, 2.24) is 5.32 Å². The molecule has 11 heavy (non-hydrogen) atoms. The maximum atomic E-state index is 10.4. The summed E-state index contributed by atoms with van der Waals surface area (Å²) in [6.07, 6.45) is 3.30. The van der Waals surface area contributed by atoms with Crippen LogP contribution in [0.15, 0.2) is 0 Å². The Morgan fingerprint density at radius 1 is 1.73 bits per heavy atom. The Bertz CT molecular complexity index is 134. The van der Waals surface area contributed by atoms with Crippen molar-refractivity contribution in [2.75, 3.05) is 6.54 Å². The molecule has 0 aliphatic heterocycles. The van der Waals surface area contributed by atoms with Gasteiger partial charge in [-0.25, -0.2) is 0 Å². The maximum Gasteiger partial charge on any atom is 0.216 e. The molecule has 3 nitrogen and oxygen atoms in total. The predicted octanol–water partition coefficient (Wildman–Crippen LogP) is 1.19. The van der Waals surface area contributed by atoms with Crippen molar-refractivity contribution in [1.29, 1.82) is 5.41 Å². The summed E-state index contributed by atoms with van der Waals surface area (Å²) >= 11 is 0. The van der Waals surface area contributed by atoms with Crippen molar-refractivity contribution in [2.24, 2.45) is 5.92 Å². The molecule has 0 spiro atoms. The highest BCUT2D eigenvalue weighted by Crippen LogP contribution is 2.02. The first-order chi connectivity index (χ1) is 5.20. The van der Waals surface area contributed by atoms with Crippen LogP contribution in [0.3, 0.4) is 0 Å². The van der Waals surface area contributed by atoms with E-state index < -0.39 is 0 Å². The summed E-state index contributed by atoms with van der Waals surface area (Å²) < 4.78 is 0. The molecule has 3 heteroatoms. The number of hydrogen-bond acceptors (Lipinski definition) is 2. The van der Waals surface area contributed by atoms with Crippen LogP contribution in [0.25, 0.3) is 0 Å². The molecule has 1 atom stereocenters. The number of amides is 1. The average molecular weight is 156 g/mol. The lowest BCUT2D eigenvalue weighted by atomic mass is 10.0. The van der Waals surface area contributed by atoms with Gasteiger partial charge in [0.15, 0.2) is 0 Å². The van der Waals surface area contributed by atoms with E-state index >= 15 is 0 Å². The third-order valence-electron chi connectivity index (χ3n) is 1.65. The normalized spacial score (nSPS) is 12.2. The molecular formula is C8H16N2O. The summed E-state index contributed by atoms with van der Waals surface area (Å²) in [5.74, 6) is 0.326. The van der Waals surface area contributed by atoms with E-state index in [1.807, 2.05) is 6.92 Å². The van der Waals surface area contributed by atoms with E-state index in [1.165, 1.54) is 13.1 Å². The van der Waals surface area contributed by atoms with E-state index in [0.29, 0.717) is 12.5 Å². The molecule has 0 aliphatic carbocycles. The molecule has 0 aromatic carbocycles. The van der Waals surface area contributed by atoms with E-state index in [-0.39, 0.29) is 5.91 Å². The fourth-order valence-electron chi connectivity index (χ4n) is 0.839. The van der Waals surface area contributed by atoms with Crippen molar-refractivity contribution in [2.45, 2.75) is 26.7 Å². The third kappa shape index (κ3) is 5.58. The Labute approximate surface area is 67.7 Å². The number of carbonyl (C=O) groups excluding carboxylic acids is 1. The second-order valence-corrected chi connectivity index (χ2v) is 2.61. The van der Waals surface area contributed by atoms with Gasteiger partial charge in [0, 0.05) is 13.5 Å². The SMILES string of the molecule is CCC(C=N)CCNC(C)=O. The van der Waals surface area contributed by atoms with Gasteiger partial charge in [0.05, 0.1) is 0 Å². The number of rotatable bonds is 5. The molecule has 1 unspecified atom stereocenters. The topological polar surface area (TPSA) is 53.0 Å². The van der Waals surface area contributed by atoms with Gasteiger partial charge in [-0.15, -0.1) is 0 Å². The summed E-state index contributed by atoms with van der Waals surface area (Å²) in [4.78, 5) is 10.4. The van der Waals surface area contributed by atoms with Crippen LogP contribution >= 0.6 is 0 Å². The Morgan fingerprint density at radius 2 is 2.36 bits per heavy atom. The number of nitrogens with one attached hydrogen (secondary N) is 2. The Hall–Kier alpha value is -0.860. The van der Waals surface area contributed by atoms with Crippen LogP contribution < -0.4 is 5.32 Å². The van der Waals surface area contributed by atoms with E-state index in [1.54, 1.807) is 0 Å². The summed E-state index contributed by atoms with van der Waals surface area (Å²) in [6, 6.07) is 0. The summed E-state index contributed by atoms with van der Waals surface area (Å²) in [7, 11) is 0. The smallest absolute Gasteiger partial charge is 0.216 e. The molecule has 0 heterocycles. The zero-order chi connectivity index (χ0) is 8.69. The van der Waals surface area contributed by atoms with E-state index in [0.717, 1.165) is 12.8 Å². The number of carbonyl (C=O) groups is 1. The monoisotopic (exact) mass is 156 g/mol. The van der Waals surface area contributed by atoms with Gasteiger partial charge < -0.3 is 10.7 Å².